The van der Waals surface area contributed by atoms with Crippen LogP contribution < -0.4 is 16.0 Å². The van der Waals surface area contributed by atoms with Gasteiger partial charge in [0.05, 0.1) is 0 Å². The van der Waals surface area contributed by atoms with Gasteiger partial charge < -0.3 is 20.9 Å². The molecule has 0 spiro atoms. The third-order valence-corrected chi connectivity index (χ3v) is 5.70. The first-order valence-corrected chi connectivity index (χ1v) is 10.2. The fraction of sp³-hybridized carbons (Fsp3) is 0.619. The molecule has 0 saturated carbocycles. The molecule has 2 atom stereocenters. The van der Waals surface area contributed by atoms with E-state index in [2.05, 4.69) is 38.8 Å². The number of hydrogen-bond acceptors (Lipinski definition) is 3. The molecule has 2 unspecified atom stereocenters. The number of rotatable bonds is 6. The standard InChI is InChI=1S/C21H33N5O/c1-16-8-5-6-12-26(16)13-7-11-23-21(22-2)24-15-17-14-20(27)25-19-10-4-3-9-18(17)19/h3-4,9-10,16-17H,5-8,11-15H2,1-2H3,(H,25,27)(H2,22,23,24). The fourth-order valence-corrected chi connectivity index (χ4v) is 4.10. The average Bonchev–Trinajstić information content (AvgIpc) is 2.68. The van der Waals surface area contributed by atoms with Crippen molar-refractivity contribution < 1.29 is 4.79 Å². The van der Waals surface area contributed by atoms with Crippen LogP contribution in [-0.4, -0.2) is 56.0 Å². The molecule has 1 fully saturated rings. The Balaban J connectivity index is 1.42. The summed E-state index contributed by atoms with van der Waals surface area (Å²) in [5.74, 6) is 1.06. The number of carbonyl (C=O) groups is 1. The van der Waals surface area contributed by atoms with E-state index >= 15 is 0 Å². The van der Waals surface area contributed by atoms with Crippen LogP contribution in [0.3, 0.4) is 0 Å². The molecule has 0 radical (unpaired) electrons. The van der Waals surface area contributed by atoms with Crippen LogP contribution >= 0.6 is 0 Å². The maximum Gasteiger partial charge on any atom is 0.225 e. The number of amides is 1. The molecule has 3 N–H and O–H groups in total. The van der Waals surface area contributed by atoms with Crippen LogP contribution in [0.2, 0.25) is 0 Å². The van der Waals surface area contributed by atoms with Gasteiger partial charge in [0.25, 0.3) is 0 Å². The SMILES string of the molecule is CN=C(NCCCN1CCCCC1C)NCC1CC(=O)Nc2ccccc21. The highest BCUT2D eigenvalue weighted by atomic mass is 16.1. The Hall–Kier alpha value is -2.08. The summed E-state index contributed by atoms with van der Waals surface area (Å²) in [6.45, 7) is 6.32. The van der Waals surface area contributed by atoms with Gasteiger partial charge in [0.1, 0.15) is 0 Å². The number of aliphatic imine (C=N–C) groups is 1. The van der Waals surface area contributed by atoms with Gasteiger partial charge in [-0.25, -0.2) is 0 Å². The first-order valence-electron chi connectivity index (χ1n) is 10.2. The topological polar surface area (TPSA) is 68.8 Å². The average molecular weight is 372 g/mol. The first-order chi connectivity index (χ1) is 13.2. The van der Waals surface area contributed by atoms with Crippen molar-refractivity contribution in [2.24, 2.45) is 4.99 Å². The number of anilines is 1. The number of benzene rings is 1. The summed E-state index contributed by atoms with van der Waals surface area (Å²) in [7, 11) is 1.80. The number of para-hydroxylation sites is 1. The molecule has 1 aromatic carbocycles. The van der Waals surface area contributed by atoms with Crippen LogP contribution in [0.15, 0.2) is 29.3 Å². The van der Waals surface area contributed by atoms with Gasteiger partial charge in [0.15, 0.2) is 5.96 Å². The number of hydrogen-bond donors (Lipinski definition) is 3. The molecule has 1 aromatic rings. The molecule has 1 saturated heterocycles. The second-order valence-corrected chi connectivity index (χ2v) is 7.65. The van der Waals surface area contributed by atoms with Crippen LogP contribution in [0, 0.1) is 0 Å². The lowest BCUT2D eigenvalue weighted by atomic mass is 9.90. The molecule has 0 aromatic heterocycles. The van der Waals surface area contributed by atoms with Crippen molar-refractivity contribution in [1.82, 2.24) is 15.5 Å². The number of piperidine rings is 1. The second kappa shape index (κ2) is 9.74. The number of likely N-dealkylation sites (tertiary alicyclic amines) is 1. The lowest BCUT2D eigenvalue weighted by Crippen LogP contribution is -2.42. The van der Waals surface area contributed by atoms with E-state index in [1.54, 1.807) is 7.05 Å². The Bertz CT molecular complexity index is 660. The molecule has 3 rings (SSSR count). The summed E-state index contributed by atoms with van der Waals surface area (Å²) in [6, 6.07) is 8.76. The largest absolute Gasteiger partial charge is 0.356 e. The number of carbonyl (C=O) groups excluding carboxylic acids is 1. The smallest absolute Gasteiger partial charge is 0.225 e. The van der Waals surface area contributed by atoms with E-state index in [9.17, 15) is 4.79 Å². The summed E-state index contributed by atoms with van der Waals surface area (Å²) >= 11 is 0. The monoisotopic (exact) mass is 371 g/mol. The van der Waals surface area contributed by atoms with Crippen LogP contribution in [0.25, 0.3) is 0 Å². The Morgan fingerprint density at radius 2 is 2.15 bits per heavy atom. The number of nitrogens with zero attached hydrogens (tertiary/aromatic N) is 2. The van der Waals surface area contributed by atoms with E-state index in [4.69, 9.17) is 0 Å². The van der Waals surface area contributed by atoms with E-state index in [-0.39, 0.29) is 11.8 Å². The quantitative estimate of drug-likeness (QED) is 0.408. The molecule has 2 aliphatic heterocycles. The molecule has 6 nitrogen and oxygen atoms in total. The summed E-state index contributed by atoms with van der Waals surface area (Å²) in [6.07, 6.45) is 5.65. The second-order valence-electron chi connectivity index (χ2n) is 7.65. The minimum absolute atomic E-state index is 0.0825. The summed E-state index contributed by atoms with van der Waals surface area (Å²) in [4.78, 5) is 18.9. The Labute approximate surface area is 162 Å². The zero-order valence-corrected chi connectivity index (χ0v) is 16.6. The molecule has 148 valence electrons. The Morgan fingerprint density at radius 1 is 1.30 bits per heavy atom. The van der Waals surface area contributed by atoms with Crippen molar-refractivity contribution in [3.8, 4) is 0 Å². The molecule has 6 heteroatoms. The minimum Gasteiger partial charge on any atom is -0.356 e. The van der Waals surface area contributed by atoms with Gasteiger partial charge in [-0.15, -0.1) is 0 Å². The van der Waals surface area contributed by atoms with Crippen molar-refractivity contribution in [2.75, 3.05) is 38.5 Å². The highest BCUT2D eigenvalue weighted by Gasteiger charge is 2.24. The molecular weight excluding hydrogens is 338 g/mol. The number of guanidine groups is 1. The molecule has 0 bridgehead atoms. The van der Waals surface area contributed by atoms with Crippen LogP contribution in [0.1, 0.15) is 50.5 Å². The normalized spacial score (nSPS) is 23.5. The molecular formula is C21H33N5O. The van der Waals surface area contributed by atoms with Gasteiger partial charge in [0.2, 0.25) is 5.91 Å². The van der Waals surface area contributed by atoms with Gasteiger partial charge in [-0.1, -0.05) is 24.6 Å². The molecule has 0 aliphatic carbocycles. The summed E-state index contributed by atoms with van der Waals surface area (Å²) in [5, 5.41) is 9.75. The lowest BCUT2D eigenvalue weighted by Gasteiger charge is -2.33. The summed E-state index contributed by atoms with van der Waals surface area (Å²) in [5.41, 5.74) is 2.12. The molecule has 1 amide bonds. The number of nitrogens with one attached hydrogen (secondary N) is 3. The highest BCUT2D eigenvalue weighted by Crippen LogP contribution is 2.31. The van der Waals surface area contributed by atoms with E-state index in [1.807, 2.05) is 18.2 Å². The number of fused-ring (bicyclic) bond motifs is 1. The Morgan fingerprint density at radius 3 is 2.96 bits per heavy atom. The minimum atomic E-state index is 0.0825. The maximum atomic E-state index is 11.9. The zero-order valence-electron chi connectivity index (χ0n) is 16.6. The van der Waals surface area contributed by atoms with Gasteiger partial charge in [0, 0.05) is 50.7 Å². The van der Waals surface area contributed by atoms with Crippen LogP contribution in [-0.2, 0) is 4.79 Å². The van der Waals surface area contributed by atoms with Crippen LogP contribution in [0.5, 0.6) is 0 Å². The van der Waals surface area contributed by atoms with E-state index in [0.29, 0.717) is 19.0 Å². The molecule has 27 heavy (non-hydrogen) atoms. The van der Waals surface area contributed by atoms with Gasteiger partial charge in [-0.2, -0.15) is 0 Å². The lowest BCUT2D eigenvalue weighted by molar-refractivity contribution is -0.116. The maximum absolute atomic E-state index is 11.9. The van der Waals surface area contributed by atoms with Crippen molar-refractivity contribution in [1.29, 1.82) is 0 Å². The van der Waals surface area contributed by atoms with Crippen molar-refractivity contribution in [3.05, 3.63) is 29.8 Å². The zero-order chi connectivity index (χ0) is 19.1. The predicted octanol–water partition coefficient (Wildman–Crippen LogP) is 2.54. The van der Waals surface area contributed by atoms with Crippen LogP contribution in [0.4, 0.5) is 5.69 Å². The molecule has 2 heterocycles. The van der Waals surface area contributed by atoms with E-state index in [1.165, 1.54) is 31.4 Å². The van der Waals surface area contributed by atoms with Gasteiger partial charge in [-0.3, -0.25) is 9.79 Å². The van der Waals surface area contributed by atoms with Gasteiger partial charge >= 0.3 is 0 Å². The van der Waals surface area contributed by atoms with Crippen molar-refractivity contribution in [2.45, 2.75) is 51.0 Å². The van der Waals surface area contributed by atoms with E-state index < -0.39 is 0 Å². The fourth-order valence-electron chi connectivity index (χ4n) is 4.10. The highest BCUT2D eigenvalue weighted by molar-refractivity contribution is 5.94. The third-order valence-electron chi connectivity index (χ3n) is 5.70. The first kappa shape index (κ1) is 19.7. The Kier molecular flexibility index (Phi) is 7.10. The van der Waals surface area contributed by atoms with Crippen molar-refractivity contribution in [3.63, 3.8) is 0 Å². The van der Waals surface area contributed by atoms with Gasteiger partial charge in [-0.05, 0) is 44.4 Å². The third kappa shape index (κ3) is 5.45. The molecule has 2 aliphatic rings. The predicted molar refractivity (Wildman–Crippen MR) is 111 cm³/mol. The van der Waals surface area contributed by atoms with E-state index in [0.717, 1.165) is 31.2 Å². The summed E-state index contributed by atoms with van der Waals surface area (Å²) < 4.78 is 0. The van der Waals surface area contributed by atoms with Crippen molar-refractivity contribution >= 4 is 17.6 Å².